The highest BCUT2D eigenvalue weighted by Crippen LogP contribution is 2.19. The van der Waals surface area contributed by atoms with Crippen molar-refractivity contribution in [2.24, 2.45) is 0 Å². The van der Waals surface area contributed by atoms with Gasteiger partial charge in [0.05, 0.1) is 11.2 Å². The van der Waals surface area contributed by atoms with E-state index in [2.05, 4.69) is 30.8 Å². The number of ether oxygens (including phenoxy) is 1. The van der Waals surface area contributed by atoms with Gasteiger partial charge in [-0.1, -0.05) is 66.4 Å². The molecule has 0 saturated heterocycles. The van der Waals surface area contributed by atoms with Crippen molar-refractivity contribution in [2.45, 2.75) is 0 Å². The summed E-state index contributed by atoms with van der Waals surface area (Å²) < 4.78 is 6.07. The lowest BCUT2D eigenvalue weighted by Gasteiger charge is -2.29. The Balaban J connectivity index is 1.94. The van der Waals surface area contributed by atoms with E-state index in [0.717, 1.165) is 0 Å². The van der Waals surface area contributed by atoms with Crippen LogP contribution in [0.4, 0.5) is 5.69 Å². The number of hydrogen-bond acceptors (Lipinski definition) is 3. The van der Waals surface area contributed by atoms with E-state index >= 15 is 0 Å². The van der Waals surface area contributed by atoms with Crippen molar-refractivity contribution in [1.82, 2.24) is 0 Å². The largest absolute Gasteiger partial charge is 0.496 e. The molecule has 3 aromatic carbocycles. The summed E-state index contributed by atoms with van der Waals surface area (Å²) in [5.74, 6) is 0.612. The van der Waals surface area contributed by atoms with Crippen LogP contribution in [0.2, 0.25) is 0 Å². The molecular weight excluding hydrogens is 342 g/mol. The zero-order valence-corrected chi connectivity index (χ0v) is 15.2. The molecule has 0 unspecified atom stereocenters. The number of rotatable bonds is 7. The monoisotopic (exact) mass is 361 g/mol. The van der Waals surface area contributed by atoms with Crippen LogP contribution in [0.25, 0.3) is 0 Å². The maximum Gasteiger partial charge on any atom is 0.269 e. The zero-order valence-electron chi connectivity index (χ0n) is 14.2. The summed E-state index contributed by atoms with van der Waals surface area (Å²) in [6.07, 6.45) is 0.475. The number of benzene rings is 3. The lowest BCUT2D eigenvalue weighted by Crippen LogP contribution is -2.61. The fourth-order valence-corrected chi connectivity index (χ4v) is 6.19. The van der Waals surface area contributed by atoms with Crippen LogP contribution in [0.1, 0.15) is 0 Å². The van der Waals surface area contributed by atoms with Crippen LogP contribution in [-0.2, 0) is 0 Å². The third-order valence-electron chi connectivity index (χ3n) is 4.44. The summed E-state index contributed by atoms with van der Waals surface area (Å²) in [4.78, 5) is 10.4. The number of non-ortho nitro benzene ring substituents is 1. The summed E-state index contributed by atoms with van der Waals surface area (Å²) in [6.45, 7) is 4.13. The molecule has 0 amide bonds. The normalized spacial score (nSPS) is 10.9. The lowest BCUT2D eigenvalue weighted by atomic mass is 10.3. The minimum atomic E-state index is -2.33. The standard InChI is InChI=1S/C21H19NO3Si/c1-2-26(20-9-5-3-6-10-20,21-11-7-4-8-12-21)17-25-19-15-13-18(14-16-19)22(23)24/h2-16H,1,17H2. The van der Waals surface area contributed by atoms with E-state index in [0.29, 0.717) is 12.0 Å². The van der Waals surface area contributed by atoms with E-state index in [4.69, 9.17) is 4.74 Å². The van der Waals surface area contributed by atoms with Gasteiger partial charge in [0.25, 0.3) is 5.69 Å². The van der Waals surface area contributed by atoms with E-state index in [1.807, 2.05) is 42.1 Å². The van der Waals surface area contributed by atoms with Crippen LogP contribution in [0.15, 0.2) is 97.2 Å². The molecule has 0 N–H and O–H groups in total. The molecule has 3 rings (SSSR count). The predicted octanol–water partition coefficient (Wildman–Crippen LogP) is 3.50. The molecular formula is C21H19NO3Si. The second kappa shape index (κ2) is 7.80. The van der Waals surface area contributed by atoms with Crippen LogP contribution < -0.4 is 15.1 Å². The van der Waals surface area contributed by atoms with Gasteiger partial charge < -0.3 is 4.74 Å². The van der Waals surface area contributed by atoms with Crippen molar-refractivity contribution in [1.29, 1.82) is 0 Å². The fraction of sp³-hybridized carbons (Fsp3) is 0.0476. The first-order valence-electron chi connectivity index (χ1n) is 8.27. The van der Waals surface area contributed by atoms with Crippen LogP contribution in [0.5, 0.6) is 5.75 Å². The lowest BCUT2D eigenvalue weighted by molar-refractivity contribution is -0.384. The van der Waals surface area contributed by atoms with Gasteiger partial charge in [-0.05, 0) is 22.5 Å². The minimum Gasteiger partial charge on any atom is -0.496 e. The van der Waals surface area contributed by atoms with Crippen molar-refractivity contribution < 1.29 is 9.66 Å². The maximum atomic E-state index is 10.8. The molecule has 0 aliphatic rings. The first-order valence-corrected chi connectivity index (χ1v) is 10.6. The summed E-state index contributed by atoms with van der Waals surface area (Å²) in [6, 6.07) is 26.7. The molecule has 0 atom stereocenters. The number of nitrogens with zero attached hydrogens (tertiary/aromatic N) is 1. The van der Waals surface area contributed by atoms with Crippen LogP contribution in [0.3, 0.4) is 0 Å². The van der Waals surface area contributed by atoms with Gasteiger partial charge >= 0.3 is 0 Å². The Morgan fingerprint density at radius 1 is 0.885 bits per heavy atom. The predicted molar refractivity (Wildman–Crippen MR) is 107 cm³/mol. The quantitative estimate of drug-likeness (QED) is 0.368. The Morgan fingerprint density at radius 3 is 1.81 bits per heavy atom. The summed E-state index contributed by atoms with van der Waals surface area (Å²) in [5, 5.41) is 13.2. The molecule has 0 saturated carbocycles. The van der Waals surface area contributed by atoms with E-state index in [9.17, 15) is 10.1 Å². The molecule has 3 aromatic rings. The van der Waals surface area contributed by atoms with E-state index in [-0.39, 0.29) is 5.69 Å². The van der Waals surface area contributed by atoms with E-state index in [1.165, 1.54) is 22.5 Å². The maximum absolute atomic E-state index is 10.8. The summed E-state index contributed by atoms with van der Waals surface area (Å²) >= 11 is 0. The Labute approximate surface area is 153 Å². The number of hydrogen-bond donors (Lipinski definition) is 0. The molecule has 0 spiro atoms. The van der Waals surface area contributed by atoms with Crippen LogP contribution in [0, 0.1) is 10.1 Å². The molecule has 0 radical (unpaired) electrons. The SMILES string of the molecule is C=C[Si](COc1ccc([N+](=O)[O-])cc1)(c1ccccc1)c1ccccc1. The van der Waals surface area contributed by atoms with Crippen molar-refractivity contribution in [3.05, 3.63) is 107 Å². The Morgan fingerprint density at radius 2 is 1.38 bits per heavy atom. The highest BCUT2D eigenvalue weighted by atomic mass is 28.3. The van der Waals surface area contributed by atoms with Gasteiger partial charge in [-0.15, -0.1) is 6.58 Å². The van der Waals surface area contributed by atoms with Gasteiger partial charge in [0, 0.05) is 12.1 Å². The second-order valence-electron chi connectivity index (χ2n) is 5.95. The van der Waals surface area contributed by atoms with E-state index < -0.39 is 13.0 Å². The molecule has 0 aromatic heterocycles. The molecule has 0 heterocycles. The van der Waals surface area contributed by atoms with Crippen molar-refractivity contribution >= 4 is 24.1 Å². The van der Waals surface area contributed by atoms with Gasteiger partial charge in [-0.25, -0.2) is 0 Å². The highest BCUT2D eigenvalue weighted by molar-refractivity contribution is 7.05. The highest BCUT2D eigenvalue weighted by Gasteiger charge is 2.35. The van der Waals surface area contributed by atoms with Crippen molar-refractivity contribution in [3.63, 3.8) is 0 Å². The number of nitro benzene ring substituents is 1. The fourth-order valence-electron chi connectivity index (χ4n) is 2.96. The molecule has 0 aliphatic heterocycles. The molecule has 130 valence electrons. The molecule has 4 nitrogen and oxygen atoms in total. The number of nitro groups is 1. The Hall–Kier alpha value is -3.18. The minimum absolute atomic E-state index is 0.0516. The third kappa shape index (κ3) is 3.58. The smallest absolute Gasteiger partial charge is 0.269 e. The van der Waals surface area contributed by atoms with E-state index in [1.54, 1.807) is 12.1 Å². The second-order valence-corrected chi connectivity index (χ2v) is 9.74. The summed E-state index contributed by atoms with van der Waals surface area (Å²) in [5.41, 5.74) is 2.08. The average Bonchev–Trinajstić information content (AvgIpc) is 2.71. The molecule has 0 fully saturated rings. The van der Waals surface area contributed by atoms with Gasteiger partial charge in [-0.2, -0.15) is 0 Å². The van der Waals surface area contributed by atoms with Crippen molar-refractivity contribution in [3.8, 4) is 5.75 Å². The average molecular weight is 361 g/mol. The summed E-state index contributed by atoms with van der Waals surface area (Å²) in [7, 11) is -2.33. The van der Waals surface area contributed by atoms with Gasteiger partial charge in [0.1, 0.15) is 5.75 Å². The Kier molecular flexibility index (Phi) is 5.29. The zero-order chi connectivity index (χ0) is 18.4. The van der Waals surface area contributed by atoms with Crippen molar-refractivity contribution in [2.75, 3.05) is 6.23 Å². The molecule has 26 heavy (non-hydrogen) atoms. The molecule has 0 bridgehead atoms. The Bertz CT molecular complexity index is 841. The first kappa shape index (κ1) is 17.6. The van der Waals surface area contributed by atoms with Crippen LogP contribution >= 0.6 is 0 Å². The molecule has 5 heteroatoms. The molecule has 0 aliphatic carbocycles. The van der Waals surface area contributed by atoms with Gasteiger partial charge in [0.2, 0.25) is 0 Å². The first-order chi connectivity index (χ1) is 12.7. The van der Waals surface area contributed by atoms with Gasteiger partial charge in [0.15, 0.2) is 8.07 Å². The van der Waals surface area contributed by atoms with Crippen LogP contribution in [-0.4, -0.2) is 19.2 Å². The third-order valence-corrected chi connectivity index (χ3v) is 8.46. The van der Waals surface area contributed by atoms with Gasteiger partial charge in [-0.3, -0.25) is 10.1 Å². The topological polar surface area (TPSA) is 52.4 Å².